The molecule has 0 aromatic heterocycles. The van der Waals surface area contributed by atoms with Crippen molar-refractivity contribution >= 4 is 5.69 Å². The molecule has 2 nitrogen and oxygen atoms in total. The number of alkyl halides is 13. The lowest BCUT2D eigenvalue weighted by Crippen LogP contribution is -2.71. The van der Waals surface area contributed by atoms with E-state index in [9.17, 15) is 62.2 Å². The van der Waals surface area contributed by atoms with E-state index >= 15 is 0 Å². The smallest absolute Gasteiger partial charge is 0.388 e. The van der Waals surface area contributed by atoms with E-state index in [1.165, 1.54) is 12.1 Å². The maximum atomic E-state index is 14.4. The predicted octanol–water partition coefficient (Wildman–Crippen LogP) is 6.94. The Bertz CT molecular complexity index is 834. The molecular weight excluding hydrogens is 505 g/mol. The summed E-state index contributed by atoms with van der Waals surface area (Å²) < 4.78 is 174. The predicted molar refractivity (Wildman–Crippen MR) is 94.9 cm³/mol. The van der Waals surface area contributed by atoms with Crippen LogP contribution in [-0.4, -0.2) is 54.0 Å². The van der Waals surface area contributed by atoms with Crippen LogP contribution in [-0.2, 0) is 0 Å². The van der Waals surface area contributed by atoms with Gasteiger partial charge in [0.1, 0.15) is 0 Å². The Labute approximate surface area is 185 Å². The van der Waals surface area contributed by atoms with Crippen LogP contribution in [0.4, 0.5) is 62.8 Å². The molecule has 0 fully saturated rings. The molecular formula is C19H20F13NO. The zero-order chi connectivity index (χ0) is 27.1. The van der Waals surface area contributed by atoms with E-state index in [-0.39, 0.29) is 12.6 Å². The van der Waals surface area contributed by atoms with Gasteiger partial charge in [0.2, 0.25) is 0 Å². The van der Waals surface area contributed by atoms with Gasteiger partial charge in [0.25, 0.3) is 0 Å². The molecule has 15 heteroatoms. The van der Waals surface area contributed by atoms with E-state index in [1.807, 2.05) is 0 Å². The summed E-state index contributed by atoms with van der Waals surface area (Å²) in [6.45, 7) is 4.08. The molecule has 0 amide bonds. The topological polar surface area (TPSA) is 23.5 Å². The Hall–Kier alpha value is -1.93. The van der Waals surface area contributed by atoms with Gasteiger partial charge in [-0.15, -0.1) is 0 Å². The summed E-state index contributed by atoms with van der Waals surface area (Å²) in [6, 6.07) is 4.50. The minimum Gasteiger partial charge on any atom is -0.388 e. The fraction of sp³-hybridized carbons (Fsp3) is 0.684. The third-order valence-electron chi connectivity index (χ3n) is 5.34. The van der Waals surface area contributed by atoms with Gasteiger partial charge >= 0.3 is 35.8 Å². The first-order valence-electron chi connectivity index (χ1n) is 9.54. The average Bonchev–Trinajstić information content (AvgIpc) is 2.72. The number of hydrogen-bond acceptors (Lipinski definition) is 2. The maximum absolute atomic E-state index is 14.4. The van der Waals surface area contributed by atoms with Crippen LogP contribution in [0.3, 0.4) is 0 Å². The van der Waals surface area contributed by atoms with Crippen LogP contribution < -0.4 is 4.90 Å². The lowest BCUT2D eigenvalue weighted by Gasteiger charge is -2.42. The van der Waals surface area contributed by atoms with Crippen LogP contribution in [0.25, 0.3) is 0 Å². The molecule has 0 aliphatic rings. The van der Waals surface area contributed by atoms with Crippen molar-refractivity contribution in [3.8, 4) is 0 Å². The molecule has 0 saturated carbocycles. The molecule has 0 saturated heterocycles. The molecule has 0 bridgehead atoms. The molecule has 0 aliphatic carbocycles. The van der Waals surface area contributed by atoms with Gasteiger partial charge in [-0.2, -0.15) is 57.1 Å². The molecule has 0 spiro atoms. The normalized spacial score (nSPS) is 16.4. The molecule has 34 heavy (non-hydrogen) atoms. The highest BCUT2D eigenvalue weighted by molar-refractivity contribution is 5.49. The van der Waals surface area contributed by atoms with Crippen LogP contribution in [0.2, 0.25) is 0 Å². The Morgan fingerprint density at radius 2 is 1.18 bits per heavy atom. The summed E-state index contributed by atoms with van der Waals surface area (Å²) in [4.78, 5) is 1.60. The van der Waals surface area contributed by atoms with E-state index in [4.69, 9.17) is 0 Å². The first-order chi connectivity index (χ1) is 15.1. The summed E-state index contributed by atoms with van der Waals surface area (Å²) in [5.74, 6) is -40.8. The van der Waals surface area contributed by atoms with Crippen molar-refractivity contribution in [2.45, 2.75) is 62.7 Å². The molecule has 0 aliphatic heterocycles. The second kappa shape index (κ2) is 9.26. The van der Waals surface area contributed by atoms with E-state index in [0.717, 1.165) is 12.1 Å². The quantitative estimate of drug-likeness (QED) is 0.335. The van der Waals surface area contributed by atoms with Crippen molar-refractivity contribution in [2.75, 3.05) is 18.0 Å². The lowest BCUT2D eigenvalue weighted by molar-refractivity contribution is -0.444. The van der Waals surface area contributed by atoms with Gasteiger partial charge < -0.3 is 10.0 Å². The minimum absolute atomic E-state index is 0.0266. The summed E-state index contributed by atoms with van der Waals surface area (Å²) in [6.07, 6.45) is -10.2. The second-order valence-corrected chi connectivity index (χ2v) is 7.42. The molecule has 1 N–H and O–H groups in total. The Kier molecular flexibility index (Phi) is 8.20. The number of benzene rings is 1. The van der Waals surface area contributed by atoms with E-state index in [1.54, 1.807) is 18.7 Å². The van der Waals surface area contributed by atoms with Gasteiger partial charge in [-0.3, -0.25) is 0 Å². The highest BCUT2D eigenvalue weighted by atomic mass is 19.4. The van der Waals surface area contributed by atoms with E-state index < -0.39 is 53.4 Å². The highest BCUT2D eigenvalue weighted by Gasteiger charge is 2.91. The first kappa shape index (κ1) is 30.1. The number of aliphatic hydroxyl groups is 1. The Balaban J connectivity index is 3.47. The van der Waals surface area contributed by atoms with Gasteiger partial charge in [0.05, 0.1) is 12.0 Å². The largest absolute Gasteiger partial charge is 0.460 e. The summed E-state index contributed by atoms with van der Waals surface area (Å²) in [5, 5.41) is 10.1. The number of hydrogen-bond donors (Lipinski definition) is 1. The van der Waals surface area contributed by atoms with Gasteiger partial charge in [-0.1, -0.05) is 19.1 Å². The molecule has 1 aromatic carbocycles. The van der Waals surface area contributed by atoms with Crippen molar-refractivity contribution in [1.82, 2.24) is 0 Å². The summed E-state index contributed by atoms with van der Waals surface area (Å²) >= 11 is 0. The summed E-state index contributed by atoms with van der Waals surface area (Å²) in [5.41, 5.74) is -0.284. The third kappa shape index (κ3) is 4.51. The SMILES string of the molecule is CCN(CC)c1cccc(C(O)C(C)C(F)(F)C(F)(F)C(F)(F)C(F)(F)C(F)(F)C(F)(F)F)c1. The Morgan fingerprint density at radius 1 is 0.735 bits per heavy atom. The molecule has 0 heterocycles. The van der Waals surface area contributed by atoms with Crippen LogP contribution in [0.15, 0.2) is 24.3 Å². The minimum atomic E-state index is -7.97. The second-order valence-electron chi connectivity index (χ2n) is 7.42. The van der Waals surface area contributed by atoms with Crippen LogP contribution >= 0.6 is 0 Å². The maximum Gasteiger partial charge on any atom is 0.460 e. The number of rotatable bonds is 10. The summed E-state index contributed by atoms with van der Waals surface area (Å²) in [7, 11) is 0. The van der Waals surface area contributed by atoms with Crippen molar-refractivity contribution in [1.29, 1.82) is 0 Å². The van der Waals surface area contributed by atoms with Crippen molar-refractivity contribution in [2.24, 2.45) is 5.92 Å². The molecule has 2 unspecified atom stereocenters. The number of anilines is 1. The standard InChI is InChI=1S/C19H20F13NO/c1-4-33(5-2)12-8-6-7-11(9-12)13(34)10(3)14(20,21)15(22,23)16(24,25)17(26,27)18(28,29)19(30,31)32/h6-10,13,34H,4-5H2,1-3H3. The number of aliphatic hydroxyl groups excluding tert-OH is 1. The van der Waals surface area contributed by atoms with Crippen LogP contribution in [0.5, 0.6) is 0 Å². The average molecular weight is 525 g/mol. The number of halogens is 13. The van der Waals surface area contributed by atoms with Gasteiger partial charge in [0, 0.05) is 18.8 Å². The molecule has 0 radical (unpaired) electrons. The lowest BCUT2D eigenvalue weighted by atomic mass is 9.83. The Morgan fingerprint density at radius 3 is 1.59 bits per heavy atom. The van der Waals surface area contributed by atoms with E-state index in [0.29, 0.717) is 13.1 Å². The number of nitrogens with zero attached hydrogens (tertiary/aromatic N) is 1. The van der Waals surface area contributed by atoms with Crippen LogP contribution in [0, 0.1) is 5.92 Å². The van der Waals surface area contributed by atoms with Crippen LogP contribution in [0.1, 0.15) is 32.4 Å². The fourth-order valence-corrected chi connectivity index (χ4v) is 3.05. The zero-order valence-electron chi connectivity index (χ0n) is 17.7. The zero-order valence-corrected chi connectivity index (χ0v) is 17.7. The van der Waals surface area contributed by atoms with Gasteiger partial charge in [-0.25, -0.2) is 0 Å². The van der Waals surface area contributed by atoms with Crippen molar-refractivity contribution < 1.29 is 62.2 Å². The fourth-order valence-electron chi connectivity index (χ4n) is 3.05. The van der Waals surface area contributed by atoms with Crippen molar-refractivity contribution in [3.05, 3.63) is 29.8 Å². The molecule has 1 aromatic rings. The monoisotopic (exact) mass is 525 g/mol. The highest BCUT2D eigenvalue weighted by Crippen LogP contribution is 2.62. The molecule has 198 valence electrons. The van der Waals surface area contributed by atoms with Crippen molar-refractivity contribution in [3.63, 3.8) is 0 Å². The first-order valence-corrected chi connectivity index (χ1v) is 9.54. The van der Waals surface area contributed by atoms with Gasteiger partial charge in [-0.05, 0) is 31.5 Å². The molecule has 2 atom stereocenters. The third-order valence-corrected chi connectivity index (χ3v) is 5.34. The molecule has 1 rings (SSSR count). The van der Waals surface area contributed by atoms with E-state index in [2.05, 4.69) is 0 Å². The van der Waals surface area contributed by atoms with Gasteiger partial charge in [0.15, 0.2) is 0 Å².